The third-order valence-corrected chi connectivity index (χ3v) is 2.41. The first-order valence-corrected chi connectivity index (χ1v) is 5.49. The second-order valence-corrected chi connectivity index (χ2v) is 3.89. The number of anilines is 1. The van der Waals surface area contributed by atoms with Crippen LogP contribution in [0, 0.1) is 21.4 Å². The monoisotopic (exact) mass is 263 g/mol. The number of carbonyl (C=O) groups is 1. The Morgan fingerprint density at radius 2 is 2.32 bits per heavy atom. The molecule has 0 spiro atoms. The van der Waals surface area contributed by atoms with Gasteiger partial charge in [-0.05, 0) is 19.1 Å². The molecule has 0 saturated carbocycles. The summed E-state index contributed by atoms with van der Waals surface area (Å²) in [5.41, 5.74) is 0.243. The summed E-state index contributed by atoms with van der Waals surface area (Å²) in [5, 5.41) is 22.3. The van der Waals surface area contributed by atoms with Gasteiger partial charge in [-0.15, -0.1) is 0 Å². The molecule has 0 saturated heterocycles. The van der Waals surface area contributed by atoms with Crippen molar-refractivity contribution < 1.29 is 14.5 Å². The molecule has 1 aromatic carbocycles. The molecule has 0 radical (unpaired) electrons. The van der Waals surface area contributed by atoms with E-state index in [1.165, 1.54) is 25.3 Å². The average Bonchev–Trinajstić information content (AvgIpc) is 2.37. The van der Waals surface area contributed by atoms with Crippen LogP contribution in [-0.4, -0.2) is 24.0 Å². The van der Waals surface area contributed by atoms with Crippen LogP contribution in [0.3, 0.4) is 0 Å². The number of nitro groups is 1. The van der Waals surface area contributed by atoms with Gasteiger partial charge in [0.25, 0.3) is 5.69 Å². The highest BCUT2D eigenvalue weighted by molar-refractivity contribution is 5.91. The quantitative estimate of drug-likeness (QED) is 0.495. The van der Waals surface area contributed by atoms with Crippen molar-refractivity contribution in [1.82, 2.24) is 0 Å². The van der Waals surface area contributed by atoms with Gasteiger partial charge in [0, 0.05) is 12.1 Å². The van der Waals surface area contributed by atoms with Gasteiger partial charge in [-0.2, -0.15) is 5.26 Å². The SMILES string of the molecule is COC(=O)c1ccc([N+](=O)[O-])c(N[C@H](C)CC#N)c1. The molecule has 1 N–H and O–H groups in total. The van der Waals surface area contributed by atoms with Gasteiger partial charge in [-0.25, -0.2) is 4.79 Å². The van der Waals surface area contributed by atoms with Gasteiger partial charge < -0.3 is 10.1 Å². The number of rotatable bonds is 5. The summed E-state index contributed by atoms with van der Waals surface area (Å²) in [4.78, 5) is 21.7. The van der Waals surface area contributed by atoms with Crippen LogP contribution in [0.1, 0.15) is 23.7 Å². The van der Waals surface area contributed by atoms with Crippen molar-refractivity contribution in [2.24, 2.45) is 0 Å². The number of methoxy groups -OCH3 is 1. The highest BCUT2D eigenvalue weighted by Crippen LogP contribution is 2.26. The highest BCUT2D eigenvalue weighted by Gasteiger charge is 2.18. The molecule has 100 valence electrons. The summed E-state index contributed by atoms with van der Waals surface area (Å²) in [6.45, 7) is 1.72. The predicted octanol–water partition coefficient (Wildman–Crippen LogP) is 2.10. The Hall–Kier alpha value is -2.62. The second-order valence-electron chi connectivity index (χ2n) is 3.89. The van der Waals surface area contributed by atoms with E-state index in [-0.39, 0.29) is 29.4 Å². The minimum absolute atomic E-state index is 0.155. The van der Waals surface area contributed by atoms with Gasteiger partial charge in [0.05, 0.1) is 30.1 Å². The van der Waals surface area contributed by atoms with E-state index in [2.05, 4.69) is 10.1 Å². The largest absolute Gasteiger partial charge is 0.465 e. The van der Waals surface area contributed by atoms with Crippen LogP contribution in [0.15, 0.2) is 18.2 Å². The lowest BCUT2D eigenvalue weighted by molar-refractivity contribution is -0.384. The van der Waals surface area contributed by atoms with Gasteiger partial charge in [0.1, 0.15) is 5.69 Å². The molecule has 1 aromatic rings. The van der Waals surface area contributed by atoms with Crippen molar-refractivity contribution >= 4 is 17.3 Å². The van der Waals surface area contributed by atoms with Crippen LogP contribution in [0.4, 0.5) is 11.4 Å². The number of nitrogens with zero attached hydrogens (tertiary/aromatic N) is 2. The highest BCUT2D eigenvalue weighted by atomic mass is 16.6. The van der Waals surface area contributed by atoms with Gasteiger partial charge in [0.2, 0.25) is 0 Å². The van der Waals surface area contributed by atoms with Crippen molar-refractivity contribution in [1.29, 1.82) is 5.26 Å². The lowest BCUT2D eigenvalue weighted by atomic mass is 10.1. The molecule has 0 amide bonds. The Morgan fingerprint density at radius 1 is 1.63 bits per heavy atom. The molecule has 0 bridgehead atoms. The second kappa shape index (κ2) is 6.35. The molecule has 0 aliphatic rings. The maximum absolute atomic E-state index is 11.4. The molecule has 0 aromatic heterocycles. The number of nitrogens with one attached hydrogen (secondary N) is 1. The number of hydrogen-bond donors (Lipinski definition) is 1. The predicted molar refractivity (Wildman–Crippen MR) is 67.8 cm³/mol. The molecule has 19 heavy (non-hydrogen) atoms. The third-order valence-electron chi connectivity index (χ3n) is 2.41. The van der Waals surface area contributed by atoms with E-state index in [9.17, 15) is 14.9 Å². The van der Waals surface area contributed by atoms with E-state index in [0.29, 0.717) is 0 Å². The number of nitro benzene ring substituents is 1. The first kappa shape index (κ1) is 14.4. The first-order chi connectivity index (χ1) is 8.99. The molecule has 7 nitrogen and oxygen atoms in total. The Balaban J connectivity index is 3.12. The molecule has 0 unspecified atom stereocenters. The maximum Gasteiger partial charge on any atom is 0.337 e. The molecular weight excluding hydrogens is 250 g/mol. The van der Waals surface area contributed by atoms with Crippen LogP contribution in [0.5, 0.6) is 0 Å². The zero-order valence-corrected chi connectivity index (χ0v) is 10.5. The van der Waals surface area contributed by atoms with Crippen molar-refractivity contribution in [2.45, 2.75) is 19.4 Å². The van der Waals surface area contributed by atoms with E-state index < -0.39 is 10.9 Å². The molecular formula is C12H13N3O4. The fourth-order valence-corrected chi connectivity index (χ4v) is 1.51. The molecule has 0 aliphatic carbocycles. The summed E-state index contributed by atoms with van der Waals surface area (Å²) < 4.78 is 4.56. The summed E-state index contributed by atoms with van der Waals surface area (Å²) in [5.74, 6) is -0.578. The maximum atomic E-state index is 11.4. The summed E-state index contributed by atoms with van der Waals surface area (Å²) in [7, 11) is 1.23. The van der Waals surface area contributed by atoms with E-state index in [4.69, 9.17) is 5.26 Å². The van der Waals surface area contributed by atoms with Crippen LogP contribution in [0.2, 0.25) is 0 Å². The van der Waals surface area contributed by atoms with Crippen LogP contribution < -0.4 is 5.32 Å². The molecule has 1 rings (SSSR count). The zero-order chi connectivity index (χ0) is 14.4. The van der Waals surface area contributed by atoms with Gasteiger partial charge in [0.15, 0.2) is 0 Å². The fourth-order valence-electron chi connectivity index (χ4n) is 1.51. The van der Waals surface area contributed by atoms with Gasteiger partial charge in [-0.1, -0.05) is 0 Å². The summed E-state index contributed by atoms with van der Waals surface area (Å²) in [6.07, 6.45) is 0.194. The Kier molecular flexibility index (Phi) is 4.83. The van der Waals surface area contributed by atoms with Crippen LogP contribution in [0.25, 0.3) is 0 Å². The summed E-state index contributed by atoms with van der Waals surface area (Å²) in [6, 6.07) is 5.59. The summed E-state index contributed by atoms with van der Waals surface area (Å²) >= 11 is 0. The topological polar surface area (TPSA) is 105 Å². The minimum atomic E-state index is -0.578. The standard InChI is InChI=1S/C12H13N3O4/c1-8(5-6-13)14-10-7-9(12(16)19-2)3-4-11(10)15(17)18/h3-4,7-8,14H,5H2,1-2H3/t8-/m1/s1. The van der Waals surface area contributed by atoms with E-state index in [1.54, 1.807) is 6.92 Å². The Bertz CT molecular complexity index is 536. The van der Waals surface area contributed by atoms with E-state index >= 15 is 0 Å². The normalized spacial score (nSPS) is 11.2. The molecule has 0 fully saturated rings. The number of carbonyl (C=O) groups excluding carboxylic acids is 1. The lowest BCUT2D eigenvalue weighted by Gasteiger charge is -2.12. The number of benzene rings is 1. The minimum Gasteiger partial charge on any atom is -0.465 e. The number of nitriles is 1. The molecule has 7 heteroatoms. The smallest absolute Gasteiger partial charge is 0.337 e. The van der Waals surface area contributed by atoms with Crippen LogP contribution >= 0.6 is 0 Å². The Labute approximate surface area is 109 Å². The molecule has 1 atom stereocenters. The van der Waals surface area contributed by atoms with Crippen molar-refractivity contribution in [3.8, 4) is 6.07 Å². The molecule has 0 aliphatic heterocycles. The molecule has 0 heterocycles. The number of hydrogen-bond acceptors (Lipinski definition) is 6. The van der Waals surface area contributed by atoms with Gasteiger partial charge >= 0.3 is 5.97 Å². The van der Waals surface area contributed by atoms with Crippen molar-refractivity contribution in [3.05, 3.63) is 33.9 Å². The fraction of sp³-hybridized carbons (Fsp3) is 0.333. The first-order valence-electron chi connectivity index (χ1n) is 5.49. The number of esters is 1. The van der Waals surface area contributed by atoms with Crippen molar-refractivity contribution in [3.63, 3.8) is 0 Å². The van der Waals surface area contributed by atoms with Crippen LogP contribution in [-0.2, 0) is 4.74 Å². The van der Waals surface area contributed by atoms with E-state index in [1.807, 2.05) is 6.07 Å². The third kappa shape index (κ3) is 3.67. The average molecular weight is 263 g/mol. The Morgan fingerprint density at radius 3 is 2.84 bits per heavy atom. The zero-order valence-electron chi connectivity index (χ0n) is 10.5. The van der Waals surface area contributed by atoms with Crippen molar-refractivity contribution in [2.75, 3.05) is 12.4 Å². The number of ether oxygens (including phenoxy) is 1. The van der Waals surface area contributed by atoms with Gasteiger partial charge in [-0.3, -0.25) is 10.1 Å². The van der Waals surface area contributed by atoms with E-state index in [0.717, 1.165) is 0 Å². The lowest BCUT2D eigenvalue weighted by Crippen LogP contribution is -2.16.